The Morgan fingerprint density at radius 2 is 1.93 bits per heavy atom. The summed E-state index contributed by atoms with van der Waals surface area (Å²) in [6, 6.07) is 7.16. The maximum absolute atomic E-state index is 13.0. The molecule has 6 heteroatoms. The molecular formula is C22H31N3O3. The summed E-state index contributed by atoms with van der Waals surface area (Å²) in [6.45, 7) is 8.90. The number of amides is 2. The number of nitrogens with zero attached hydrogens (tertiary/aromatic N) is 2. The Morgan fingerprint density at radius 3 is 2.57 bits per heavy atom. The van der Waals surface area contributed by atoms with E-state index < -0.39 is 6.04 Å². The van der Waals surface area contributed by atoms with Crippen LogP contribution in [0.5, 0.6) is 0 Å². The van der Waals surface area contributed by atoms with Gasteiger partial charge in [0, 0.05) is 19.3 Å². The number of benzene rings is 1. The molecule has 0 bridgehead atoms. The van der Waals surface area contributed by atoms with Crippen LogP contribution in [-0.4, -0.2) is 55.1 Å². The van der Waals surface area contributed by atoms with E-state index in [1.807, 2.05) is 31.2 Å². The number of carbonyl (C=O) groups is 2. The van der Waals surface area contributed by atoms with Crippen molar-refractivity contribution in [1.29, 1.82) is 0 Å². The lowest BCUT2D eigenvalue weighted by Crippen LogP contribution is -2.50. The fourth-order valence-corrected chi connectivity index (χ4v) is 3.97. The smallest absolute Gasteiger partial charge is 0.338 e. The summed E-state index contributed by atoms with van der Waals surface area (Å²) in [5.74, 6) is 0.366. The van der Waals surface area contributed by atoms with Crippen molar-refractivity contribution in [1.82, 2.24) is 15.1 Å². The molecule has 6 nitrogen and oxygen atoms in total. The third-order valence-electron chi connectivity index (χ3n) is 5.82. The Kier molecular flexibility index (Phi) is 6.39. The van der Waals surface area contributed by atoms with Gasteiger partial charge in [0.2, 0.25) is 0 Å². The topological polar surface area (TPSA) is 61.9 Å². The predicted molar refractivity (Wildman–Crippen MR) is 109 cm³/mol. The first-order valence-electron chi connectivity index (χ1n) is 10.1. The summed E-state index contributed by atoms with van der Waals surface area (Å²) in [7, 11) is 1.73. The van der Waals surface area contributed by atoms with Crippen molar-refractivity contribution in [3.8, 4) is 0 Å². The molecule has 152 valence electrons. The minimum Gasteiger partial charge on any atom is -0.463 e. The minimum absolute atomic E-state index is 0.193. The van der Waals surface area contributed by atoms with Crippen LogP contribution >= 0.6 is 0 Å². The van der Waals surface area contributed by atoms with Crippen LogP contribution < -0.4 is 5.32 Å². The number of aryl methyl sites for hydroxylation is 1. The molecular weight excluding hydrogens is 354 g/mol. The van der Waals surface area contributed by atoms with E-state index in [-0.39, 0.29) is 12.0 Å². The Bertz CT molecular complexity index is 766. The number of piperidine rings is 1. The molecule has 28 heavy (non-hydrogen) atoms. The summed E-state index contributed by atoms with van der Waals surface area (Å²) in [5, 5.41) is 3.00. The van der Waals surface area contributed by atoms with Gasteiger partial charge < -0.3 is 10.1 Å². The van der Waals surface area contributed by atoms with Crippen LogP contribution in [0.2, 0.25) is 0 Å². The van der Waals surface area contributed by atoms with Gasteiger partial charge >= 0.3 is 12.0 Å². The summed E-state index contributed by atoms with van der Waals surface area (Å²) in [6.07, 6.45) is 2.28. The number of likely N-dealkylation sites (tertiary alicyclic amines) is 1. The number of hydrogen-bond donors (Lipinski definition) is 1. The van der Waals surface area contributed by atoms with Gasteiger partial charge in [-0.25, -0.2) is 9.59 Å². The van der Waals surface area contributed by atoms with E-state index in [9.17, 15) is 9.59 Å². The van der Waals surface area contributed by atoms with Crippen LogP contribution in [0.25, 0.3) is 0 Å². The summed E-state index contributed by atoms with van der Waals surface area (Å²) in [4.78, 5) is 29.6. The van der Waals surface area contributed by atoms with Gasteiger partial charge in [-0.2, -0.15) is 0 Å². The number of likely N-dealkylation sites (N-methyl/N-ethyl adjacent to an activating group) is 1. The molecule has 1 atom stereocenters. The van der Waals surface area contributed by atoms with Gasteiger partial charge in [0.15, 0.2) is 0 Å². The molecule has 1 fully saturated rings. The molecule has 3 rings (SSSR count). The average molecular weight is 386 g/mol. The molecule has 2 aliphatic heterocycles. The van der Waals surface area contributed by atoms with Crippen LogP contribution in [0.1, 0.15) is 43.9 Å². The number of rotatable bonds is 5. The molecule has 2 amide bonds. The van der Waals surface area contributed by atoms with E-state index in [0.717, 1.165) is 48.7 Å². The minimum atomic E-state index is -0.498. The van der Waals surface area contributed by atoms with E-state index in [2.05, 4.69) is 17.1 Å². The van der Waals surface area contributed by atoms with Gasteiger partial charge in [-0.3, -0.25) is 9.80 Å². The standard InChI is InChI=1S/C22H31N3O3/c1-5-28-21(26)19-18(14-25-12-10-15(2)11-13-25)24(4)22(27)23-20(19)17-9-7-6-8-16(17)3/h6-9,15,20H,5,10-14H2,1-4H3,(H,23,27)/t20-/m1/s1. The fraction of sp³-hybridized carbons (Fsp3) is 0.545. The number of hydrogen-bond acceptors (Lipinski definition) is 4. The Hall–Kier alpha value is -2.34. The first kappa shape index (κ1) is 20.4. The van der Waals surface area contributed by atoms with E-state index in [1.54, 1.807) is 18.9 Å². The third-order valence-corrected chi connectivity index (χ3v) is 5.82. The highest BCUT2D eigenvalue weighted by Gasteiger charge is 2.38. The highest BCUT2D eigenvalue weighted by atomic mass is 16.5. The van der Waals surface area contributed by atoms with Gasteiger partial charge in [-0.05, 0) is 56.8 Å². The lowest BCUT2D eigenvalue weighted by Gasteiger charge is -2.38. The van der Waals surface area contributed by atoms with E-state index in [4.69, 9.17) is 4.74 Å². The van der Waals surface area contributed by atoms with E-state index in [1.165, 1.54) is 0 Å². The highest BCUT2D eigenvalue weighted by molar-refractivity contribution is 5.95. The third kappa shape index (κ3) is 4.22. The molecule has 0 radical (unpaired) electrons. The van der Waals surface area contributed by atoms with E-state index >= 15 is 0 Å². The highest BCUT2D eigenvalue weighted by Crippen LogP contribution is 2.33. The Balaban J connectivity index is 2.03. The second-order valence-corrected chi connectivity index (χ2v) is 7.84. The molecule has 1 saturated heterocycles. The number of carbonyl (C=O) groups excluding carboxylic acids is 2. The first-order chi connectivity index (χ1) is 13.4. The number of urea groups is 1. The molecule has 0 aromatic heterocycles. The lowest BCUT2D eigenvalue weighted by molar-refractivity contribution is -0.139. The van der Waals surface area contributed by atoms with Crippen LogP contribution in [0.3, 0.4) is 0 Å². The molecule has 0 saturated carbocycles. The van der Waals surface area contributed by atoms with Crippen LogP contribution in [-0.2, 0) is 9.53 Å². The molecule has 0 spiro atoms. The van der Waals surface area contributed by atoms with Gasteiger partial charge in [-0.15, -0.1) is 0 Å². The van der Waals surface area contributed by atoms with Crippen molar-refractivity contribution >= 4 is 12.0 Å². The number of nitrogens with one attached hydrogen (secondary N) is 1. The Labute approximate surface area is 167 Å². The zero-order chi connectivity index (χ0) is 20.3. The fourth-order valence-electron chi connectivity index (χ4n) is 3.97. The molecule has 0 unspecified atom stereocenters. The van der Waals surface area contributed by atoms with Gasteiger partial charge in [0.1, 0.15) is 0 Å². The van der Waals surface area contributed by atoms with Gasteiger partial charge in [-0.1, -0.05) is 31.2 Å². The summed E-state index contributed by atoms with van der Waals surface area (Å²) < 4.78 is 5.40. The van der Waals surface area contributed by atoms with E-state index in [0.29, 0.717) is 18.7 Å². The summed E-state index contributed by atoms with van der Waals surface area (Å²) in [5.41, 5.74) is 3.24. The van der Waals surface area contributed by atoms with Gasteiger partial charge in [0.05, 0.1) is 18.2 Å². The average Bonchev–Trinajstić information content (AvgIpc) is 2.67. The van der Waals surface area contributed by atoms with Crippen molar-refractivity contribution < 1.29 is 14.3 Å². The maximum atomic E-state index is 13.0. The largest absolute Gasteiger partial charge is 0.463 e. The molecule has 0 aliphatic carbocycles. The maximum Gasteiger partial charge on any atom is 0.338 e. The monoisotopic (exact) mass is 385 g/mol. The normalized spacial score (nSPS) is 21.6. The lowest BCUT2D eigenvalue weighted by atomic mass is 9.91. The molecule has 2 aliphatic rings. The van der Waals surface area contributed by atoms with Crippen LogP contribution in [0.4, 0.5) is 4.79 Å². The zero-order valence-corrected chi connectivity index (χ0v) is 17.3. The van der Waals surface area contributed by atoms with Gasteiger partial charge in [0.25, 0.3) is 0 Å². The number of esters is 1. The van der Waals surface area contributed by atoms with Crippen LogP contribution in [0, 0.1) is 12.8 Å². The van der Waals surface area contributed by atoms with Crippen molar-refractivity contribution in [2.45, 2.75) is 39.7 Å². The van der Waals surface area contributed by atoms with Crippen molar-refractivity contribution in [2.24, 2.45) is 5.92 Å². The molecule has 1 N–H and O–H groups in total. The predicted octanol–water partition coefficient (Wildman–Crippen LogP) is 3.24. The SMILES string of the molecule is CCOC(=O)C1=C(CN2CCC(C)CC2)N(C)C(=O)N[C@@H]1c1ccccc1C. The van der Waals surface area contributed by atoms with Crippen LogP contribution in [0.15, 0.2) is 35.5 Å². The van der Waals surface area contributed by atoms with Crippen molar-refractivity contribution in [2.75, 3.05) is 33.3 Å². The van der Waals surface area contributed by atoms with Crippen molar-refractivity contribution in [3.63, 3.8) is 0 Å². The summed E-state index contributed by atoms with van der Waals surface area (Å²) >= 11 is 0. The molecule has 2 heterocycles. The molecule has 1 aromatic carbocycles. The number of ether oxygens (including phenoxy) is 1. The second-order valence-electron chi connectivity index (χ2n) is 7.84. The zero-order valence-electron chi connectivity index (χ0n) is 17.3. The first-order valence-corrected chi connectivity index (χ1v) is 10.1. The molecule has 1 aromatic rings. The Morgan fingerprint density at radius 1 is 1.25 bits per heavy atom. The second kappa shape index (κ2) is 8.78. The van der Waals surface area contributed by atoms with Crippen molar-refractivity contribution in [3.05, 3.63) is 46.7 Å². The quantitative estimate of drug-likeness (QED) is 0.791.